The molecule has 0 bridgehead atoms. The maximum atomic E-state index is 9.75. The Morgan fingerprint density at radius 2 is 1.69 bits per heavy atom. The van der Waals surface area contributed by atoms with Crippen LogP contribution in [0.3, 0.4) is 0 Å². The number of aliphatic hydroxyl groups excluding tert-OH is 1. The molecule has 216 valence electrons. The maximum Gasteiger partial charge on any atom is 0.210 e. The summed E-state index contributed by atoms with van der Waals surface area (Å²) in [6, 6.07) is 21.9. The quantitative estimate of drug-likeness (QED) is 0.174. The highest BCUT2D eigenvalue weighted by atomic mass is 16.3. The number of hydrogen-bond donors (Lipinski definition) is 1. The van der Waals surface area contributed by atoms with Crippen LogP contribution in [0.4, 0.5) is 11.4 Å². The minimum absolute atomic E-state index is 0.0958. The van der Waals surface area contributed by atoms with E-state index in [1.165, 1.54) is 55.7 Å². The Bertz CT molecular complexity index is 1820. The number of aryl methyl sites for hydroxylation is 1. The van der Waals surface area contributed by atoms with Gasteiger partial charge in [0.2, 0.25) is 5.69 Å². The summed E-state index contributed by atoms with van der Waals surface area (Å²) in [5.41, 5.74) is 9.92. The van der Waals surface area contributed by atoms with Crippen molar-refractivity contribution >= 4 is 38.9 Å². The molecule has 1 N–H and O–H groups in total. The highest BCUT2D eigenvalue weighted by Gasteiger charge is 2.46. The van der Waals surface area contributed by atoms with E-state index in [9.17, 15) is 5.11 Å². The van der Waals surface area contributed by atoms with Crippen molar-refractivity contribution < 1.29 is 11.1 Å². The van der Waals surface area contributed by atoms with E-state index in [1.807, 2.05) is 0 Å². The Morgan fingerprint density at radius 1 is 0.905 bits per heavy atom. The first-order chi connectivity index (χ1) is 20.7. The van der Waals surface area contributed by atoms with Crippen molar-refractivity contribution in [1.29, 1.82) is 0 Å². The first-order valence-electron chi connectivity index (χ1n) is 15.9. The Hall–Kier alpha value is -3.89. The van der Waals surface area contributed by atoms with E-state index in [-0.39, 0.29) is 17.4 Å². The standard InChI is InChI=1S/C38H44N3O/c1-7-24-40-30-19-14-12-17-28(30)37(2,3)33(40)20-9-8-10-21-34-38(4,5)36-32(41(34)25-15-26-42)23-22-31-35(36)27-16-11-13-18-29(27)39(31)6/h8-14,16-23,42H,7,15,24-26H2,1-6H3/q+1/i1T. The number of allylic oxidation sites excluding steroid dienone is 6. The second kappa shape index (κ2) is 10.7. The SMILES string of the molecule is [3H]CCCN1C(=CC=CC=CC2=[N+](CCCO)c3ccc4c(c3C2(C)C)c2ccccc2n4C)C(C)(C)c2ccccc21. The predicted octanol–water partition coefficient (Wildman–Crippen LogP) is 8.29. The van der Waals surface area contributed by atoms with Crippen molar-refractivity contribution in [2.75, 3.05) is 24.6 Å². The summed E-state index contributed by atoms with van der Waals surface area (Å²) in [6.07, 6.45) is 12.5. The van der Waals surface area contributed by atoms with E-state index in [2.05, 4.69) is 140 Å². The van der Waals surface area contributed by atoms with Gasteiger partial charge < -0.3 is 14.6 Å². The van der Waals surface area contributed by atoms with Crippen LogP contribution >= 0.6 is 0 Å². The number of nitrogens with zero attached hydrogens (tertiary/aromatic N) is 3. The summed E-state index contributed by atoms with van der Waals surface area (Å²) < 4.78 is 12.4. The highest BCUT2D eigenvalue weighted by molar-refractivity contribution is 6.16. The summed E-state index contributed by atoms with van der Waals surface area (Å²) in [5, 5.41) is 12.4. The van der Waals surface area contributed by atoms with E-state index >= 15 is 0 Å². The fourth-order valence-corrected chi connectivity index (χ4v) is 7.36. The molecular weight excluding hydrogens is 514 g/mol. The molecule has 0 spiro atoms. The van der Waals surface area contributed by atoms with Gasteiger partial charge in [0.15, 0.2) is 12.3 Å². The van der Waals surface area contributed by atoms with Gasteiger partial charge in [-0.3, -0.25) is 0 Å². The zero-order valence-corrected chi connectivity index (χ0v) is 25.7. The Labute approximate surface area is 252 Å². The third kappa shape index (κ3) is 4.27. The van der Waals surface area contributed by atoms with Crippen LogP contribution in [0.15, 0.2) is 96.7 Å². The summed E-state index contributed by atoms with van der Waals surface area (Å²) >= 11 is 0. The number of benzene rings is 3. The molecule has 4 heteroatoms. The molecule has 0 fully saturated rings. The monoisotopic (exact) mass is 560 g/mol. The minimum Gasteiger partial charge on any atom is -0.396 e. The van der Waals surface area contributed by atoms with Gasteiger partial charge in [0.1, 0.15) is 0 Å². The zero-order valence-electron chi connectivity index (χ0n) is 26.7. The van der Waals surface area contributed by atoms with Crippen LogP contribution in [0.25, 0.3) is 21.8 Å². The Balaban J connectivity index is 1.37. The molecule has 42 heavy (non-hydrogen) atoms. The second-order valence-electron chi connectivity index (χ2n) is 12.6. The molecular formula is C38H44N3O+. The number of fused-ring (bicyclic) bond motifs is 6. The van der Waals surface area contributed by atoms with Crippen molar-refractivity contribution in [1.82, 2.24) is 4.57 Å². The largest absolute Gasteiger partial charge is 0.396 e. The van der Waals surface area contributed by atoms with E-state index < -0.39 is 0 Å². The lowest BCUT2D eigenvalue weighted by Gasteiger charge is -2.26. The molecule has 0 radical (unpaired) electrons. The van der Waals surface area contributed by atoms with Gasteiger partial charge in [-0.25, -0.2) is 0 Å². The van der Waals surface area contributed by atoms with Crippen LogP contribution in [-0.2, 0) is 17.9 Å². The number of aromatic nitrogens is 1. The predicted molar refractivity (Wildman–Crippen MR) is 178 cm³/mol. The third-order valence-electron chi connectivity index (χ3n) is 9.36. The smallest absolute Gasteiger partial charge is 0.210 e. The van der Waals surface area contributed by atoms with Crippen LogP contribution in [0.1, 0.15) is 59.9 Å². The molecule has 2 aliphatic rings. The first-order valence-corrected chi connectivity index (χ1v) is 15.2. The number of hydrogen-bond acceptors (Lipinski definition) is 2. The van der Waals surface area contributed by atoms with Crippen molar-refractivity contribution in [3.63, 3.8) is 0 Å². The summed E-state index contributed by atoms with van der Waals surface area (Å²) in [5.74, 6) is 0. The zero-order chi connectivity index (χ0) is 30.4. The van der Waals surface area contributed by atoms with Crippen LogP contribution in [-0.4, -0.2) is 39.7 Å². The minimum atomic E-state index is -0.209. The number of rotatable bonds is 8. The van der Waals surface area contributed by atoms with Gasteiger partial charge in [0, 0.05) is 84.3 Å². The van der Waals surface area contributed by atoms with Crippen molar-refractivity contribution in [2.45, 2.75) is 58.3 Å². The average molecular weight is 561 g/mol. The molecule has 0 atom stereocenters. The molecule has 0 saturated carbocycles. The Morgan fingerprint density at radius 3 is 2.50 bits per heavy atom. The molecule has 3 heterocycles. The summed E-state index contributed by atoms with van der Waals surface area (Å²) in [7, 11) is 2.16. The fourth-order valence-electron chi connectivity index (χ4n) is 7.36. The van der Waals surface area contributed by atoms with E-state index in [1.54, 1.807) is 0 Å². The maximum absolute atomic E-state index is 9.75. The fraction of sp³-hybridized carbons (Fsp3) is 0.342. The van der Waals surface area contributed by atoms with Crippen LogP contribution in [0, 0.1) is 0 Å². The van der Waals surface area contributed by atoms with Gasteiger partial charge in [-0.1, -0.05) is 75.4 Å². The Kier molecular flexibility index (Phi) is 6.90. The van der Waals surface area contributed by atoms with Crippen molar-refractivity contribution in [3.05, 3.63) is 108 Å². The molecule has 0 amide bonds. The third-order valence-corrected chi connectivity index (χ3v) is 9.36. The molecule has 0 saturated heterocycles. The summed E-state index contributed by atoms with van der Waals surface area (Å²) in [6.45, 7) is 11.5. The van der Waals surface area contributed by atoms with Crippen LogP contribution in [0.5, 0.6) is 0 Å². The molecule has 0 aliphatic carbocycles. The van der Waals surface area contributed by atoms with Crippen molar-refractivity contribution in [2.24, 2.45) is 7.05 Å². The molecule has 3 aromatic carbocycles. The lowest BCUT2D eigenvalue weighted by atomic mass is 9.79. The van der Waals surface area contributed by atoms with Gasteiger partial charge in [-0.2, -0.15) is 4.58 Å². The number of aliphatic hydroxyl groups is 1. The van der Waals surface area contributed by atoms with Gasteiger partial charge in [0.05, 0.1) is 5.41 Å². The van der Waals surface area contributed by atoms with Crippen LogP contribution < -0.4 is 4.90 Å². The highest BCUT2D eigenvalue weighted by Crippen LogP contribution is 2.48. The number of para-hydroxylation sites is 2. The average Bonchev–Trinajstić information content (AvgIpc) is 3.50. The number of anilines is 1. The molecule has 1 aromatic heterocycles. The molecule has 2 aliphatic heterocycles. The molecule has 6 rings (SSSR count). The summed E-state index contributed by atoms with van der Waals surface area (Å²) in [4.78, 5) is 2.40. The lowest BCUT2D eigenvalue weighted by molar-refractivity contribution is -0.438. The normalized spacial score (nSPS) is 18.8. The second-order valence-corrected chi connectivity index (χ2v) is 12.6. The van der Waals surface area contributed by atoms with Crippen LogP contribution in [0.2, 0.25) is 0 Å². The first kappa shape index (κ1) is 27.0. The molecule has 0 unspecified atom stereocenters. The molecule has 4 nitrogen and oxygen atoms in total. The molecule has 4 aromatic rings. The van der Waals surface area contributed by atoms with Crippen molar-refractivity contribution in [3.8, 4) is 0 Å². The van der Waals surface area contributed by atoms with Gasteiger partial charge in [0.25, 0.3) is 0 Å². The topological polar surface area (TPSA) is 31.4 Å². The van der Waals surface area contributed by atoms with E-state index in [4.69, 9.17) is 1.37 Å². The lowest BCUT2D eigenvalue weighted by Crippen LogP contribution is -2.28. The van der Waals surface area contributed by atoms with Gasteiger partial charge >= 0.3 is 0 Å². The van der Waals surface area contributed by atoms with E-state index in [0.717, 1.165) is 19.5 Å². The van der Waals surface area contributed by atoms with Gasteiger partial charge in [-0.05, 0) is 50.1 Å². The van der Waals surface area contributed by atoms with E-state index in [0.29, 0.717) is 13.3 Å². The van der Waals surface area contributed by atoms with Gasteiger partial charge in [-0.15, -0.1) is 0 Å².